The van der Waals surface area contributed by atoms with Crippen LogP contribution in [0.3, 0.4) is 0 Å². The molecule has 2 atom stereocenters. The van der Waals surface area contributed by atoms with Crippen LogP contribution in [0.5, 0.6) is 0 Å². The first-order valence-corrected chi connectivity index (χ1v) is 6.22. The Morgan fingerprint density at radius 2 is 2.31 bits per heavy atom. The van der Waals surface area contributed by atoms with E-state index in [2.05, 4.69) is 18.3 Å². The second-order valence-corrected chi connectivity index (χ2v) is 4.84. The van der Waals surface area contributed by atoms with Crippen LogP contribution in [0.15, 0.2) is 24.3 Å². The van der Waals surface area contributed by atoms with Gasteiger partial charge >= 0.3 is 0 Å². The van der Waals surface area contributed by atoms with Crippen molar-refractivity contribution in [1.29, 1.82) is 0 Å². The number of ether oxygens (including phenoxy) is 1. The van der Waals surface area contributed by atoms with Crippen LogP contribution >= 0.6 is 11.6 Å². The quantitative estimate of drug-likeness (QED) is 0.872. The van der Waals surface area contributed by atoms with Gasteiger partial charge in [0.25, 0.3) is 0 Å². The van der Waals surface area contributed by atoms with E-state index in [4.69, 9.17) is 16.3 Å². The minimum absolute atomic E-state index is 0.384. The topological polar surface area (TPSA) is 21.3 Å². The first-order valence-electron chi connectivity index (χ1n) is 5.84. The standard InChI is InChI=1S/C13H18ClNO/c1-10-5-6-13(16-10)9-15-8-11-3-2-4-12(14)7-11/h2-4,7,10,13,15H,5-6,8-9H2,1H3. The summed E-state index contributed by atoms with van der Waals surface area (Å²) in [7, 11) is 0. The van der Waals surface area contributed by atoms with Crippen molar-refractivity contribution in [3.63, 3.8) is 0 Å². The van der Waals surface area contributed by atoms with Crippen molar-refractivity contribution in [3.8, 4) is 0 Å². The van der Waals surface area contributed by atoms with Gasteiger partial charge in [0.1, 0.15) is 0 Å². The third kappa shape index (κ3) is 3.48. The van der Waals surface area contributed by atoms with E-state index in [1.807, 2.05) is 18.2 Å². The normalized spacial score (nSPS) is 24.9. The van der Waals surface area contributed by atoms with Crippen LogP contribution in [-0.4, -0.2) is 18.8 Å². The third-order valence-corrected chi connectivity index (χ3v) is 3.15. The van der Waals surface area contributed by atoms with E-state index in [0.29, 0.717) is 12.2 Å². The van der Waals surface area contributed by atoms with Gasteiger partial charge < -0.3 is 10.1 Å². The monoisotopic (exact) mass is 239 g/mol. The van der Waals surface area contributed by atoms with Gasteiger partial charge in [-0.3, -0.25) is 0 Å². The molecular weight excluding hydrogens is 222 g/mol. The molecule has 88 valence electrons. The fraction of sp³-hybridized carbons (Fsp3) is 0.538. The molecule has 0 spiro atoms. The molecule has 0 aromatic heterocycles. The summed E-state index contributed by atoms with van der Waals surface area (Å²) in [6.45, 7) is 3.92. The number of rotatable bonds is 4. The van der Waals surface area contributed by atoms with Crippen molar-refractivity contribution in [1.82, 2.24) is 5.32 Å². The van der Waals surface area contributed by atoms with E-state index in [1.165, 1.54) is 18.4 Å². The van der Waals surface area contributed by atoms with Crippen molar-refractivity contribution in [2.24, 2.45) is 0 Å². The molecule has 1 aromatic carbocycles. The second-order valence-electron chi connectivity index (χ2n) is 4.41. The van der Waals surface area contributed by atoms with E-state index in [-0.39, 0.29) is 0 Å². The van der Waals surface area contributed by atoms with Crippen molar-refractivity contribution in [3.05, 3.63) is 34.9 Å². The molecule has 2 unspecified atom stereocenters. The van der Waals surface area contributed by atoms with Crippen LogP contribution in [0.2, 0.25) is 5.02 Å². The zero-order valence-corrected chi connectivity index (χ0v) is 10.3. The smallest absolute Gasteiger partial charge is 0.0704 e. The molecule has 2 rings (SSSR count). The van der Waals surface area contributed by atoms with E-state index < -0.39 is 0 Å². The van der Waals surface area contributed by atoms with E-state index in [0.717, 1.165) is 18.1 Å². The van der Waals surface area contributed by atoms with Gasteiger partial charge in [-0.2, -0.15) is 0 Å². The molecule has 1 N–H and O–H groups in total. The molecule has 1 aliphatic rings. The maximum absolute atomic E-state index is 5.92. The Hall–Kier alpha value is -0.570. The van der Waals surface area contributed by atoms with Crippen molar-refractivity contribution < 1.29 is 4.74 Å². The molecule has 0 saturated carbocycles. The SMILES string of the molecule is CC1CCC(CNCc2cccc(Cl)c2)O1. The molecule has 1 fully saturated rings. The molecule has 16 heavy (non-hydrogen) atoms. The molecule has 0 aliphatic carbocycles. The van der Waals surface area contributed by atoms with Crippen LogP contribution in [-0.2, 0) is 11.3 Å². The Morgan fingerprint density at radius 3 is 3.00 bits per heavy atom. The summed E-state index contributed by atoms with van der Waals surface area (Å²) in [5.41, 5.74) is 1.22. The lowest BCUT2D eigenvalue weighted by Crippen LogP contribution is -2.26. The summed E-state index contributed by atoms with van der Waals surface area (Å²) in [5.74, 6) is 0. The molecule has 3 heteroatoms. The number of hydrogen-bond donors (Lipinski definition) is 1. The average Bonchev–Trinajstić information content (AvgIpc) is 2.64. The lowest BCUT2D eigenvalue weighted by Gasteiger charge is -2.12. The Kier molecular flexibility index (Phi) is 4.22. The van der Waals surface area contributed by atoms with Gasteiger partial charge in [0.15, 0.2) is 0 Å². The zero-order valence-electron chi connectivity index (χ0n) is 9.58. The van der Waals surface area contributed by atoms with Gasteiger partial charge in [0.2, 0.25) is 0 Å². The first-order chi connectivity index (χ1) is 7.74. The Labute approximate surface area is 102 Å². The summed E-state index contributed by atoms with van der Waals surface area (Å²) in [6.07, 6.45) is 3.17. The minimum atomic E-state index is 0.384. The molecule has 1 heterocycles. The average molecular weight is 240 g/mol. The molecule has 0 bridgehead atoms. The number of halogens is 1. The van der Waals surface area contributed by atoms with Crippen molar-refractivity contribution in [2.45, 2.75) is 38.5 Å². The van der Waals surface area contributed by atoms with Crippen LogP contribution < -0.4 is 5.32 Å². The Morgan fingerprint density at radius 1 is 1.44 bits per heavy atom. The van der Waals surface area contributed by atoms with Gasteiger partial charge in [-0.25, -0.2) is 0 Å². The third-order valence-electron chi connectivity index (χ3n) is 2.91. The summed E-state index contributed by atoms with van der Waals surface area (Å²) in [6, 6.07) is 7.95. The maximum Gasteiger partial charge on any atom is 0.0704 e. The Balaban J connectivity index is 1.72. The van der Waals surface area contributed by atoms with Crippen LogP contribution in [0.4, 0.5) is 0 Å². The van der Waals surface area contributed by atoms with Gasteiger partial charge in [0.05, 0.1) is 12.2 Å². The van der Waals surface area contributed by atoms with Crippen LogP contribution in [0.1, 0.15) is 25.3 Å². The van der Waals surface area contributed by atoms with Crippen LogP contribution in [0.25, 0.3) is 0 Å². The fourth-order valence-corrected chi connectivity index (χ4v) is 2.27. The minimum Gasteiger partial charge on any atom is -0.374 e. The van der Waals surface area contributed by atoms with Crippen molar-refractivity contribution >= 4 is 11.6 Å². The second kappa shape index (κ2) is 5.67. The number of hydrogen-bond acceptors (Lipinski definition) is 2. The first kappa shape index (κ1) is 11.9. The molecule has 0 amide bonds. The zero-order chi connectivity index (χ0) is 11.4. The highest BCUT2D eigenvalue weighted by molar-refractivity contribution is 6.30. The molecule has 0 radical (unpaired) electrons. The summed E-state index contributed by atoms with van der Waals surface area (Å²) in [4.78, 5) is 0. The van der Waals surface area contributed by atoms with Gasteiger partial charge in [-0.1, -0.05) is 23.7 Å². The van der Waals surface area contributed by atoms with E-state index in [1.54, 1.807) is 0 Å². The van der Waals surface area contributed by atoms with Gasteiger partial charge in [-0.15, -0.1) is 0 Å². The molecule has 1 aromatic rings. The largest absolute Gasteiger partial charge is 0.374 e. The lowest BCUT2D eigenvalue weighted by atomic mass is 10.2. The van der Waals surface area contributed by atoms with Gasteiger partial charge in [0, 0.05) is 18.1 Å². The van der Waals surface area contributed by atoms with E-state index >= 15 is 0 Å². The summed E-state index contributed by atoms with van der Waals surface area (Å²) < 4.78 is 5.73. The summed E-state index contributed by atoms with van der Waals surface area (Å²) >= 11 is 5.92. The van der Waals surface area contributed by atoms with E-state index in [9.17, 15) is 0 Å². The Bertz CT molecular complexity index is 342. The summed E-state index contributed by atoms with van der Waals surface area (Å²) in [5, 5.41) is 4.20. The maximum atomic E-state index is 5.92. The predicted octanol–water partition coefficient (Wildman–Crippen LogP) is 3.00. The lowest BCUT2D eigenvalue weighted by molar-refractivity contribution is 0.0559. The fourth-order valence-electron chi connectivity index (χ4n) is 2.06. The van der Waals surface area contributed by atoms with Gasteiger partial charge in [-0.05, 0) is 37.5 Å². The molecule has 1 aliphatic heterocycles. The number of nitrogens with one attached hydrogen (secondary N) is 1. The van der Waals surface area contributed by atoms with Crippen molar-refractivity contribution in [2.75, 3.05) is 6.54 Å². The predicted molar refractivity (Wildman–Crippen MR) is 66.7 cm³/mol. The highest BCUT2D eigenvalue weighted by atomic mass is 35.5. The molecular formula is C13H18ClNO. The molecule has 1 saturated heterocycles. The van der Waals surface area contributed by atoms with Crippen LogP contribution in [0, 0.1) is 0 Å². The highest BCUT2D eigenvalue weighted by Gasteiger charge is 2.20. The highest BCUT2D eigenvalue weighted by Crippen LogP contribution is 2.18. The molecule has 2 nitrogen and oxygen atoms in total. The number of benzene rings is 1.